The Kier molecular flexibility index (Phi) is 3.24. The smallest absolute Gasteiger partial charge is 0.335 e. The third-order valence-corrected chi connectivity index (χ3v) is 4.33. The van der Waals surface area contributed by atoms with Crippen LogP contribution in [-0.4, -0.2) is 22.6 Å². The first-order chi connectivity index (χ1) is 7.69. The topological polar surface area (TPSA) is 37.3 Å². The lowest BCUT2D eigenvalue weighted by molar-refractivity contribution is 0.0695. The molecule has 2 nitrogen and oxygen atoms in total. The largest absolute Gasteiger partial charge is 0.478 e. The summed E-state index contributed by atoms with van der Waals surface area (Å²) in [6, 6.07) is 7.44. The maximum absolute atomic E-state index is 11.2. The fraction of sp³-hybridized carbons (Fsp3) is 0.462. The van der Waals surface area contributed by atoms with Gasteiger partial charge in [0, 0.05) is 11.2 Å². The number of rotatable bonds is 5. The van der Waals surface area contributed by atoms with Crippen LogP contribution in [0, 0.1) is 0 Å². The molecule has 0 unspecified atom stereocenters. The van der Waals surface area contributed by atoms with Gasteiger partial charge in [-0.25, -0.2) is 4.79 Å². The molecule has 1 aliphatic rings. The number of carboxylic acid groups (broad SMARTS) is 1. The molecule has 0 spiro atoms. The van der Waals surface area contributed by atoms with Gasteiger partial charge in [0.05, 0.1) is 5.56 Å². The van der Waals surface area contributed by atoms with Gasteiger partial charge >= 0.3 is 5.97 Å². The SMILES string of the molecule is CCSCC1(c2ccccc2C(=O)O)CC1. The van der Waals surface area contributed by atoms with Gasteiger partial charge in [-0.1, -0.05) is 25.1 Å². The van der Waals surface area contributed by atoms with E-state index in [9.17, 15) is 9.90 Å². The Balaban J connectivity index is 2.29. The maximum atomic E-state index is 11.2. The predicted molar refractivity (Wildman–Crippen MR) is 67.3 cm³/mol. The van der Waals surface area contributed by atoms with E-state index in [0.29, 0.717) is 5.56 Å². The Morgan fingerprint density at radius 3 is 2.69 bits per heavy atom. The summed E-state index contributed by atoms with van der Waals surface area (Å²) in [5.74, 6) is 1.34. The summed E-state index contributed by atoms with van der Waals surface area (Å²) in [6.45, 7) is 2.14. The van der Waals surface area contributed by atoms with E-state index in [2.05, 4.69) is 6.92 Å². The van der Waals surface area contributed by atoms with Crippen molar-refractivity contribution in [3.8, 4) is 0 Å². The molecule has 1 aromatic carbocycles. The van der Waals surface area contributed by atoms with Crippen molar-refractivity contribution in [2.75, 3.05) is 11.5 Å². The molecule has 0 aliphatic heterocycles. The number of carbonyl (C=O) groups is 1. The van der Waals surface area contributed by atoms with Crippen molar-refractivity contribution in [2.24, 2.45) is 0 Å². The third kappa shape index (κ3) is 2.09. The van der Waals surface area contributed by atoms with E-state index < -0.39 is 5.97 Å². The van der Waals surface area contributed by atoms with Crippen LogP contribution in [0.5, 0.6) is 0 Å². The van der Waals surface area contributed by atoms with Crippen molar-refractivity contribution in [3.05, 3.63) is 35.4 Å². The molecule has 0 aromatic heterocycles. The first-order valence-corrected chi connectivity index (χ1v) is 6.75. The van der Waals surface area contributed by atoms with Gasteiger partial charge in [-0.05, 0) is 30.2 Å². The average molecular weight is 236 g/mol. The summed E-state index contributed by atoms with van der Waals surface area (Å²) in [6.07, 6.45) is 2.26. The Hall–Kier alpha value is -0.960. The van der Waals surface area contributed by atoms with Gasteiger partial charge in [0.15, 0.2) is 0 Å². The molecule has 1 fully saturated rings. The van der Waals surface area contributed by atoms with Crippen LogP contribution in [0.25, 0.3) is 0 Å². The molecule has 3 heteroatoms. The highest BCUT2D eigenvalue weighted by Crippen LogP contribution is 2.51. The fourth-order valence-electron chi connectivity index (χ4n) is 2.07. The van der Waals surface area contributed by atoms with Crippen LogP contribution in [0.15, 0.2) is 24.3 Å². The van der Waals surface area contributed by atoms with Crippen LogP contribution in [0.2, 0.25) is 0 Å². The average Bonchev–Trinajstić information content (AvgIpc) is 3.07. The minimum absolute atomic E-state index is 0.148. The zero-order valence-electron chi connectivity index (χ0n) is 9.40. The molecule has 1 N–H and O–H groups in total. The molecule has 2 rings (SSSR count). The van der Waals surface area contributed by atoms with Crippen molar-refractivity contribution in [3.63, 3.8) is 0 Å². The molecular weight excluding hydrogens is 220 g/mol. The normalized spacial score (nSPS) is 17.1. The van der Waals surface area contributed by atoms with Crippen LogP contribution in [0.1, 0.15) is 35.7 Å². The lowest BCUT2D eigenvalue weighted by atomic mass is 9.93. The first-order valence-electron chi connectivity index (χ1n) is 5.60. The Labute approximate surface area is 100 Å². The van der Waals surface area contributed by atoms with E-state index in [1.54, 1.807) is 12.1 Å². The number of carboxylic acids is 1. The van der Waals surface area contributed by atoms with Gasteiger partial charge < -0.3 is 5.11 Å². The maximum Gasteiger partial charge on any atom is 0.335 e. The molecule has 0 bridgehead atoms. The summed E-state index contributed by atoms with van der Waals surface area (Å²) in [5, 5.41) is 9.18. The summed E-state index contributed by atoms with van der Waals surface area (Å²) in [5.41, 5.74) is 1.66. The van der Waals surface area contributed by atoms with E-state index >= 15 is 0 Å². The molecule has 0 radical (unpaired) electrons. The van der Waals surface area contributed by atoms with Crippen LogP contribution in [-0.2, 0) is 5.41 Å². The number of hydrogen-bond donors (Lipinski definition) is 1. The Morgan fingerprint density at radius 2 is 2.12 bits per heavy atom. The molecule has 0 saturated heterocycles. The van der Waals surface area contributed by atoms with Crippen LogP contribution >= 0.6 is 11.8 Å². The molecule has 1 aromatic rings. The summed E-state index contributed by atoms with van der Waals surface area (Å²) < 4.78 is 0. The van der Waals surface area contributed by atoms with E-state index in [-0.39, 0.29) is 5.41 Å². The van der Waals surface area contributed by atoms with Crippen LogP contribution < -0.4 is 0 Å². The summed E-state index contributed by atoms with van der Waals surface area (Å²) in [4.78, 5) is 11.2. The molecule has 0 heterocycles. The van der Waals surface area contributed by atoms with E-state index in [4.69, 9.17) is 0 Å². The van der Waals surface area contributed by atoms with Crippen molar-refractivity contribution in [1.82, 2.24) is 0 Å². The number of benzene rings is 1. The molecule has 86 valence electrons. The zero-order chi connectivity index (χ0) is 11.6. The van der Waals surface area contributed by atoms with Crippen molar-refractivity contribution >= 4 is 17.7 Å². The van der Waals surface area contributed by atoms with Gasteiger partial charge in [0.2, 0.25) is 0 Å². The molecular formula is C13H16O2S. The van der Waals surface area contributed by atoms with E-state index in [0.717, 1.165) is 29.9 Å². The van der Waals surface area contributed by atoms with E-state index in [1.165, 1.54) is 0 Å². The summed E-state index contributed by atoms with van der Waals surface area (Å²) in [7, 11) is 0. The predicted octanol–water partition coefficient (Wildman–Crippen LogP) is 3.17. The quantitative estimate of drug-likeness (QED) is 0.853. The first kappa shape index (κ1) is 11.5. The van der Waals surface area contributed by atoms with Crippen molar-refractivity contribution in [2.45, 2.75) is 25.2 Å². The minimum atomic E-state index is -0.802. The van der Waals surface area contributed by atoms with E-state index in [1.807, 2.05) is 23.9 Å². The highest BCUT2D eigenvalue weighted by atomic mass is 32.2. The monoisotopic (exact) mass is 236 g/mol. The molecule has 16 heavy (non-hydrogen) atoms. The molecule has 1 saturated carbocycles. The van der Waals surface area contributed by atoms with Crippen molar-refractivity contribution < 1.29 is 9.90 Å². The highest BCUT2D eigenvalue weighted by molar-refractivity contribution is 7.99. The summed E-state index contributed by atoms with van der Waals surface area (Å²) >= 11 is 1.90. The Morgan fingerprint density at radius 1 is 1.44 bits per heavy atom. The van der Waals surface area contributed by atoms with Crippen LogP contribution in [0.4, 0.5) is 0 Å². The second-order valence-electron chi connectivity index (χ2n) is 4.27. The zero-order valence-corrected chi connectivity index (χ0v) is 10.2. The minimum Gasteiger partial charge on any atom is -0.478 e. The van der Waals surface area contributed by atoms with Gasteiger partial charge in [0.1, 0.15) is 0 Å². The lowest BCUT2D eigenvalue weighted by Gasteiger charge is -2.17. The fourth-order valence-corrected chi connectivity index (χ4v) is 3.11. The molecule has 0 amide bonds. The number of hydrogen-bond acceptors (Lipinski definition) is 2. The standard InChI is InChI=1S/C13H16O2S/c1-2-16-9-13(7-8-13)11-6-4-3-5-10(11)12(14)15/h3-6H,2,7-9H2,1H3,(H,14,15). The third-order valence-electron chi connectivity index (χ3n) is 3.16. The van der Waals surface area contributed by atoms with Gasteiger partial charge in [-0.2, -0.15) is 11.8 Å². The lowest BCUT2D eigenvalue weighted by Crippen LogP contribution is -2.15. The van der Waals surface area contributed by atoms with Crippen molar-refractivity contribution in [1.29, 1.82) is 0 Å². The second kappa shape index (κ2) is 4.50. The Bertz CT molecular complexity index is 397. The molecule has 0 atom stereocenters. The van der Waals surface area contributed by atoms with Crippen LogP contribution in [0.3, 0.4) is 0 Å². The highest BCUT2D eigenvalue weighted by Gasteiger charge is 2.45. The van der Waals surface area contributed by atoms with Gasteiger partial charge in [0.25, 0.3) is 0 Å². The number of aromatic carboxylic acids is 1. The number of thioether (sulfide) groups is 1. The molecule has 1 aliphatic carbocycles. The van der Waals surface area contributed by atoms with Gasteiger partial charge in [-0.15, -0.1) is 0 Å². The second-order valence-corrected chi connectivity index (χ2v) is 5.54. The van der Waals surface area contributed by atoms with Gasteiger partial charge in [-0.3, -0.25) is 0 Å².